The monoisotopic (exact) mass is 200 g/mol. The van der Waals surface area contributed by atoms with Crippen LogP contribution in [0.5, 0.6) is 5.75 Å². The molecule has 1 aromatic carbocycles. The minimum Gasteiger partial charge on any atom is -0.497 e. The number of ether oxygens (including phenoxy) is 1. The topological polar surface area (TPSA) is 52.3 Å². The summed E-state index contributed by atoms with van der Waals surface area (Å²) in [5.74, 6) is 0.829. The molecule has 15 heavy (non-hydrogen) atoms. The molecule has 0 aliphatic carbocycles. The molecule has 0 N–H and O–H groups in total. The van der Waals surface area contributed by atoms with Gasteiger partial charge < -0.3 is 4.74 Å². The summed E-state index contributed by atoms with van der Waals surface area (Å²) >= 11 is 0. The van der Waals surface area contributed by atoms with Crippen molar-refractivity contribution in [1.82, 2.24) is 20.0 Å². The number of nitrogens with zero attached hydrogens (tertiary/aromatic N) is 4. The molecule has 0 spiro atoms. The van der Waals surface area contributed by atoms with E-state index in [0.29, 0.717) is 0 Å². The number of hydrogen-bond acceptors (Lipinski definition) is 4. The van der Waals surface area contributed by atoms with Crippen LogP contribution in [0.4, 0.5) is 0 Å². The summed E-state index contributed by atoms with van der Waals surface area (Å²) in [6, 6.07) is 9.64. The van der Waals surface area contributed by atoms with Gasteiger partial charge in [0.15, 0.2) is 5.65 Å². The van der Waals surface area contributed by atoms with Crippen molar-refractivity contribution in [3.63, 3.8) is 0 Å². The van der Waals surface area contributed by atoms with Crippen LogP contribution in [-0.4, -0.2) is 27.2 Å². The number of benzene rings is 1. The van der Waals surface area contributed by atoms with Crippen LogP contribution >= 0.6 is 0 Å². The SMILES string of the molecule is COc1ccc2c(ccc3nnnn32)c1. The molecule has 0 atom stereocenters. The Labute approximate surface area is 85.3 Å². The molecule has 0 bridgehead atoms. The van der Waals surface area contributed by atoms with Crippen molar-refractivity contribution < 1.29 is 4.74 Å². The maximum Gasteiger partial charge on any atom is 0.179 e. The Morgan fingerprint density at radius 2 is 2.13 bits per heavy atom. The van der Waals surface area contributed by atoms with Gasteiger partial charge in [-0.15, -0.1) is 5.10 Å². The molecule has 5 heteroatoms. The van der Waals surface area contributed by atoms with Crippen LogP contribution < -0.4 is 4.74 Å². The summed E-state index contributed by atoms with van der Waals surface area (Å²) in [6.07, 6.45) is 0. The van der Waals surface area contributed by atoms with E-state index in [1.54, 1.807) is 11.6 Å². The fraction of sp³-hybridized carbons (Fsp3) is 0.100. The largest absolute Gasteiger partial charge is 0.497 e. The summed E-state index contributed by atoms with van der Waals surface area (Å²) in [4.78, 5) is 0. The maximum atomic E-state index is 5.15. The lowest BCUT2D eigenvalue weighted by Gasteiger charge is -2.02. The van der Waals surface area contributed by atoms with Crippen molar-refractivity contribution in [3.8, 4) is 5.75 Å². The van der Waals surface area contributed by atoms with Crippen molar-refractivity contribution >= 4 is 16.6 Å². The minimum absolute atomic E-state index is 0.743. The van der Waals surface area contributed by atoms with E-state index in [1.807, 2.05) is 30.3 Å². The van der Waals surface area contributed by atoms with Gasteiger partial charge in [0, 0.05) is 5.39 Å². The zero-order valence-electron chi connectivity index (χ0n) is 8.08. The molecule has 3 aromatic rings. The van der Waals surface area contributed by atoms with E-state index in [1.165, 1.54) is 0 Å². The van der Waals surface area contributed by atoms with Crippen molar-refractivity contribution in [1.29, 1.82) is 0 Å². The first-order valence-electron chi connectivity index (χ1n) is 4.53. The van der Waals surface area contributed by atoms with Crippen LogP contribution in [0.1, 0.15) is 0 Å². The maximum absolute atomic E-state index is 5.15. The molecule has 74 valence electrons. The molecule has 0 fully saturated rings. The van der Waals surface area contributed by atoms with Gasteiger partial charge in [-0.2, -0.15) is 4.52 Å². The van der Waals surface area contributed by atoms with Crippen LogP contribution in [0.3, 0.4) is 0 Å². The van der Waals surface area contributed by atoms with Gasteiger partial charge in [0.25, 0.3) is 0 Å². The van der Waals surface area contributed by atoms with Crippen LogP contribution in [0, 0.1) is 0 Å². The number of tetrazole rings is 1. The Morgan fingerprint density at radius 1 is 1.20 bits per heavy atom. The van der Waals surface area contributed by atoms with Gasteiger partial charge in [-0.3, -0.25) is 0 Å². The second-order valence-electron chi connectivity index (χ2n) is 3.21. The highest BCUT2D eigenvalue weighted by Crippen LogP contribution is 2.20. The molecule has 0 aliphatic rings. The molecule has 0 radical (unpaired) electrons. The first-order chi connectivity index (χ1) is 7.38. The smallest absolute Gasteiger partial charge is 0.179 e. The van der Waals surface area contributed by atoms with E-state index < -0.39 is 0 Å². The first-order valence-corrected chi connectivity index (χ1v) is 4.53. The molecular formula is C10H8N4O. The van der Waals surface area contributed by atoms with Crippen molar-refractivity contribution in [2.45, 2.75) is 0 Å². The van der Waals surface area contributed by atoms with Gasteiger partial charge in [-0.25, -0.2) is 0 Å². The average Bonchev–Trinajstić information content (AvgIpc) is 2.76. The predicted octanol–water partition coefficient (Wildman–Crippen LogP) is 1.29. The van der Waals surface area contributed by atoms with Crippen LogP contribution in [0.25, 0.3) is 16.6 Å². The third kappa shape index (κ3) is 1.13. The van der Waals surface area contributed by atoms with Crippen LogP contribution in [-0.2, 0) is 0 Å². The van der Waals surface area contributed by atoms with Gasteiger partial charge in [0.05, 0.1) is 12.6 Å². The summed E-state index contributed by atoms with van der Waals surface area (Å²) in [7, 11) is 1.65. The Morgan fingerprint density at radius 3 is 3.00 bits per heavy atom. The second kappa shape index (κ2) is 2.91. The average molecular weight is 200 g/mol. The number of rotatable bonds is 1. The molecule has 2 aromatic heterocycles. The summed E-state index contributed by atoms with van der Waals surface area (Å²) in [5.41, 5.74) is 1.71. The quantitative estimate of drug-likeness (QED) is 0.593. The predicted molar refractivity (Wildman–Crippen MR) is 54.8 cm³/mol. The highest BCUT2D eigenvalue weighted by Gasteiger charge is 2.03. The van der Waals surface area contributed by atoms with Crippen molar-refractivity contribution in [2.24, 2.45) is 0 Å². The molecule has 2 heterocycles. The molecule has 3 rings (SSSR count). The lowest BCUT2D eigenvalue weighted by Crippen LogP contribution is -1.91. The minimum atomic E-state index is 0.743. The number of aromatic nitrogens is 4. The van der Waals surface area contributed by atoms with E-state index in [-0.39, 0.29) is 0 Å². The van der Waals surface area contributed by atoms with Gasteiger partial charge >= 0.3 is 0 Å². The van der Waals surface area contributed by atoms with Crippen molar-refractivity contribution in [2.75, 3.05) is 7.11 Å². The molecule has 0 aliphatic heterocycles. The molecule has 5 nitrogen and oxygen atoms in total. The van der Waals surface area contributed by atoms with E-state index >= 15 is 0 Å². The third-order valence-electron chi connectivity index (χ3n) is 2.37. The fourth-order valence-electron chi connectivity index (χ4n) is 1.62. The number of hydrogen-bond donors (Lipinski definition) is 0. The molecular weight excluding hydrogens is 192 g/mol. The van der Waals surface area contributed by atoms with Crippen LogP contribution in [0.2, 0.25) is 0 Å². The van der Waals surface area contributed by atoms with E-state index in [4.69, 9.17) is 4.74 Å². The molecule has 0 amide bonds. The Balaban J connectivity index is 2.44. The third-order valence-corrected chi connectivity index (χ3v) is 2.37. The summed E-state index contributed by atoms with van der Waals surface area (Å²) in [5, 5.41) is 12.5. The highest BCUT2D eigenvalue weighted by atomic mass is 16.5. The zero-order chi connectivity index (χ0) is 10.3. The summed E-state index contributed by atoms with van der Waals surface area (Å²) in [6.45, 7) is 0. The highest BCUT2D eigenvalue weighted by molar-refractivity contribution is 5.82. The van der Waals surface area contributed by atoms with Gasteiger partial charge in [-0.05, 0) is 40.8 Å². The van der Waals surface area contributed by atoms with Crippen molar-refractivity contribution in [3.05, 3.63) is 30.3 Å². The lowest BCUT2D eigenvalue weighted by atomic mass is 10.2. The number of methoxy groups -OCH3 is 1. The molecule has 0 saturated carbocycles. The summed E-state index contributed by atoms with van der Waals surface area (Å²) < 4.78 is 6.86. The van der Waals surface area contributed by atoms with E-state index in [2.05, 4.69) is 15.5 Å². The number of pyridine rings is 1. The van der Waals surface area contributed by atoms with E-state index in [9.17, 15) is 0 Å². The zero-order valence-corrected chi connectivity index (χ0v) is 8.08. The van der Waals surface area contributed by atoms with Gasteiger partial charge in [0.1, 0.15) is 5.75 Å². The Bertz CT molecular complexity index is 631. The van der Waals surface area contributed by atoms with Gasteiger partial charge in [-0.1, -0.05) is 0 Å². The molecule has 0 saturated heterocycles. The second-order valence-corrected chi connectivity index (χ2v) is 3.21. The first kappa shape index (κ1) is 8.16. The standard InChI is InChI=1S/C10H8N4O/c1-15-8-3-4-9-7(6-8)2-5-10-11-12-13-14(9)10/h2-6H,1H3. The fourth-order valence-corrected chi connectivity index (χ4v) is 1.62. The molecule has 0 unspecified atom stereocenters. The van der Waals surface area contributed by atoms with Crippen LogP contribution in [0.15, 0.2) is 30.3 Å². The Kier molecular flexibility index (Phi) is 1.58. The number of fused-ring (bicyclic) bond motifs is 3. The normalized spacial score (nSPS) is 11.0. The lowest BCUT2D eigenvalue weighted by molar-refractivity contribution is 0.415. The van der Waals surface area contributed by atoms with E-state index in [0.717, 1.165) is 22.3 Å². The van der Waals surface area contributed by atoms with Gasteiger partial charge in [0.2, 0.25) is 0 Å². The Hall–Kier alpha value is -2.17.